The number of aryl methyl sites for hydroxylation is 1. The number of hydrogen-bond acceptors (Lipinski definition) is 4. The number of aromatic nitrogens is 3. The number of rotatable bonds is 5. The van der Waals surface area contributed by atoms with Crippen LogP contribution in [0, 0.1) is 11.6 Å². The van der Waals surface area contributed by atoms with Gasteiger partial charge in [-0.15, -0.1) is 5.10 Å². The molecule has 1 unspecified atom stereocenters. The lowest BCUT2D eigenvalue weighted by atomic mass is 10.3. The fourth-order valence-corrected chi connectivity index (χ4v) is 2.27. The molecule has 1 aromatic carbocycles. The summed E-state index contributed by atoms with van der Waals surface area (Å²) in [6.07, 6.45) is 0.717. The van der Waals surface area contributed by atoms with Crippen LogP contribution in [0.25, 0.3) is 0 Å². The number of carbonyl (C=O) groups excluding carboxylic acids is 1. The van der Waals surface area contributed by atoms with Gasteiger partial charge in [0.05, 0.1) is 10.9 Å². The number of thioether (sulfide) groups is 1. The highest BCUT2D eigenvalue weighted by Crippen LogP contribution is 2.22. The molecule has 2 aromatic rings. The first-order valence-electron chi connectivity index (χ1n) is 6.33. The fraction of sp³-hybridized carbons (Fsp3) is 0.308. The number of aromatic amines is 1. The van der Waals surface area contributed by atoms with E-state index in [-0.39, 0.29) is 5.69 Å². The van der Waals surface area contributed by atoms with E-state index in [1.54, 1.807) is 6.92 Å². The quantitative estimate of drug-likeness (QED) is 0.833. The number of nitrogens with zero attached hydrogens (tertiary/aromatic N) is 2. The first-order chi connectivity index (χ1) is 9.99. The topological polar surface area (TPSA) is 70.7 Å². The minimum atomic E-state index is -0.813. The molecule has 2 N–H and O–H groups in total. The van der Waals surface area contributed by atoms with Crippen molar-refractivity contribution in [3.8, 4) is 0 Å². The van der Waals surface area contributed by atoms with E-state index in [4.69, 9.17) is 0 Å². The number of amides is 1. The van der Waals surface area contributed by atoms with Crippen LogP contribution in [-0.4, -0.2) is 26.3 Å². The highest BCUT2D eigenvalue weighted by atomic mass is 32.2. The SMILES string of the molecule is CCc1nc(SC(C)C(=O)Nc2ccc(F)cc2F)n[nH]1. The van der Waals surface area contributed by atoms with Crippen molar-refractivity contribution in [3.63, 3.8) is 0 Å². The van der Waals surface area contributed by atoms with Gasteiger partial charge in [0.2, 0.25) is 11.1 Å². The van der Waals surface area contributed by atoms with Crippen LogP contribution in [0.3, 0.4) is 0 Å². The number of H-pyrrole nitrogens is 1. The van der Waals surface area contributed by atoms with Gasteiger partial charge >= 0.3 is 0 Å². The van der Waals surface area contributed by atoms with E-state index in [0.717, 1.165) is 36.1 Å². The van der Waals surface area contributed by atoms with Crippen LogP contribution in [0.15, 0.2) is 23.4 Å². The molecule has 0 aliphatic carbocycles. The molecule has 8 heteroatoms. The fourth-order valence-electron chi connectivity index (χ4n) is 1.53. The van der Waals surface area contributed by atoms with E-state index in [1.165, 1.54) is 6.07 Å². The second-order valence-electron chi connectivity index (χ2n) is 4.29. The van der Waals surface area contributed by atoms with Gasteiger partial charge in [0.1, 0.15) is 17.5 Å². The minimum absolute atomic E-state index is 0.0573. The third kappa shape index (κ3) is 4.01. The molecule has 0 aliphatic rings. The highest BCUT2D eigenvalue weighted by molar-refractivity contribution is 8.00. The average Bonchev–Trinajstić information content (AvgIpc) is 2.89. The van der Waals surface area contributed by atoms with Gasteiger partial charge in [-0.05, 0) is 19.1 Å². The van der Waals surface area contributed by atoms with Crippen molar-refractivity contribution >= 4 is 23.4 Å². The molecule has 0 fully saturated rings. The molecule has 112 valence electrons. The lowest BCUT2D eigenvalue weighted by Gasteiger charge is -2.10. The average molecular weight is 312 g/mol. The predicted molar refractivity (Wildman–Crippen MR) is 76.1 cm³/mol. The Balaban J connectivity index is 1.99. The standard InChI is InChI=1S/C13H14F2N4OS/c1-3-11-17-13(19-18-11)21-7(2)12(20)16-10-5-4-8(14)6-9(10)15/h4-7H,3H2,1-2H3,(H,16,20)(H,17,18,19). The normalized spacial score (nSPS) is 12.2. The second kappa shape index (κ2) is 6.66. The third-order valence-corrected chi connectivity index (χ3v) is 3.65. The lowest BCUT2D eigenvalue weighted by Crippen LogP contribution is -2.23. The summed E-state index contributed by atoms with van der Waals surface area (Å²) in [6.45, 7) is 3.59. The van der Waals surface area contributed by atoms with Crippen molar-refractivity contribution in [1.29, 1.82) is 0 Å². The van der Waals surface area contributed by atoms with Crippen LogP contribution in [0.5, 0.6) is 0 Å². The largest absolute Gasteiger partial charge is 0.323 e. The highest BCUT2D eigenvalue weighted by Gasteiger charge is 2.18. The smallest absolute Gasteiger partial charge is 0.237 e. The Hall–Kier alpha value is -1.96. The van der Waals surface area contributed by atoms with E-state index in [9.17, 15) is 13.6 Å². The molecule has 21 heavy (non-hydrogen) atoms. The molecular formula is C13H14F2N4OS. The van der Waals surface area contributed by atoms with Crippen molar-refractivity contribution in [3.05, 3.63) is 35.7 Å². The lowest BCUT2D eigenvalue weighted by molar-refractivity contribution is -0.115. The van der Waals surface area contributed by atoms with Gasteiger partial charge < -0.3 is 5.32 Å². The number of nitrogens with one attached hydrogen (secondary N) is 2. The summed E-state index contributed by atoms with van der Waals surface area (Å²) in [4.78, 5) is 16.2. The molecule has 0 bridgehead atoms. The van der Waals surface area contributed by atoms with E-state index in [2.05, 4.69) is 20.5 Å². The van der Waals surface area contributed by atoms with Gasteiger partial charge in [-0.1, -0.05) is 18.7 Å². The molecule has 1 aromatic heterocycles. The number of hydrogen-bond donors (Lipinski definition) is 2. The van der Waals surface area contributed by atoms with Crippen LogP contribution >= 0.6 is 11.8 Å². The maximum Gasteiger partial charge on any atom is 0.237 e. The van der Waals surface area contributed by atoms with Crippen LogP contribution < -0.4 is 5.32 Å². The zero-order valence-electron chi connectivity index (χ0n) is 11.5. The van der Waals surface area contributed by atoms with Crippen molar-refractivity contribution < 1.29 is 13.6 Å². The van der Waals surface area contributed by atoms with Gasteiger partial charge in [0, 0.05) is 12.5 Å². The molecule has 5 nitrogen and oxygen atoms in total. The van der Waals surface area contributed by atoms with Crippen LogP contribution in [0.4, 0.5) is 14.5 Å². The van der Waals surface area contributed by atoms with E-state index >= 15 is 0 Å². The number of carbonyl (C=O) groups is 1. The predicted octanol–water partition coefficient (Wildman–Crippen LogP) is 2.76. The molecule has 1 heterocycles. The Morgan fingerprint density at radius 3 is 2.86 bits per heavy atom. The Bertz CT molecular complexity index is 647. The summed E-state index contributed by atoms with van der Waals surface area (Å²) in [7, 11) is 0. The molecular weight excluding hydrogens is 298 g/mol. The zero-order valence-corrected chi connectivity index (χ0v) is 12.3. The van der Waals surface area contributed by atoms with Crippen LogP contribution in [0.2, 0.25) is 0 Å². The maximum atomic E-state index is 13.5. The number of benzene rings is 1. The Labute approximate surface area is 124 Å². The summed E-state index contributed by atoms with van der Waals surface area (Å²) in [5, 5.41) is 9.06. The Morgan fingerprint density at radius 1 is 1.48 bits per heavy atom. The molecule has 2 rings (SSSR count). The van der Waals surface area contributed by atoms with Gasteiger partial charge in [0.15, 0.2) is 0 Å². The molecule has 1 amide bonds. The maximum absolute atomic E-state index is 13.5. The molecule has 0 aliphatic heterocycles. The van der Waals surface area contributed by atoms with Crippen molar-refractivity contribution in [2.24, 2.45) is 0 Å². The summed E-state index contributed by atoms with van der Waals surface area (Å²) < 4.78 is 26.2. The Kier molecular flexibility index (Phi) is 4.89. The van der Waals surface area contributed by atoms with E-state index in [1.807, 2.05) is 6.92 Å². The second-order valence-corrected chi connectivity index (χ2v) is 5.60. The van der Waals surface area contributed by atoms with Crippen LogP contribution in [0.1, 0.15) is 19.7 Å². The van der Waals surface area contributed by atoms with Crippen molar-refractivity contribution in [2.45, 2.75) is 30.7 Å². The van der Waals surface area contributed by atoms with Gasteiger partial charge in [-0.3, -0.25) is 9.89 Å². The molecule has 0 radical (unpaired) electrons. The van der Waals surface area contributed by atoms with Gasteiger partial charge in [-0.25, -0.2) is 13.8 Å². The molecule has 0 saturated carbocycles. The van der Waals surface area contributed by atoms with Crippen molar-refractivity contribution in [1.82, 2.24) is 15.2 Å². The summed E-state index contributed by atoms with van der Waals surface area (Å²) in [6, 6.07) is 2.98. The zero-order chi connectivity index (χ0) is 15.4. The van der Waals surface area contributed by atoms with E-state index in [0.29, 0.717) is 5.16 Å². The van der Waals surface area contributed by atoms with Gasteiger partial charge in [-0.2, -0.15) is 0 Å². The number of halogens is 2. The number of anilines is 1. The Morgan fingerprint density at radius 2 is 2.24 bits per heavy atom. The molecule has 1 atom stereocenters. The monoisotopic (exact) mass is 312 g/mol. The first-order valence-corrected chi connectivity index (χ1v) is 7.21. The van der Waals surface area contributed by atoms with Crippen molar-refractivity contribution in [2.75, 3.05) is 5.32 Å². The third-order valence-electron chi connectivity index (χ3n) is 2.69. The summed E-state index contributed by atoms with van der Waals surface area (Å²) in [5.41, 5.74) is -0.0573. The molecule has 0 spiro atoms. The summed E-state index contributed by atoms with van der Waals surface area (Å²) in [5.74, 6) is -1.18. The minimum Gasteiger partial charge on any atom is -0.323 e. The van der Waals surface area contributed by atoms with E-state index < -0.39 is 22.8 Å². The summed E-state index contributed by atoms with van der Waals surface area (Å²) >= 11 is 1.15. The van der Waals surface area contributed by atoms with Crippen LogP contribution in [-0.2, 0) is 11.2 Å². The molecule has 0 saturated heterocycles. The van der Waals surface area contributed by atoms with Gasteiger partial charge in [0.25, 0.3) is 0 Å². The first kappa shape index (κ1) is 15.4.